The summed E-state index contributed by atoms with van der Waals surface area (Å²) in [6.45, 7) is 2.95. The summed E-state index contributed by atoms with van der Waals surface area (Å²) in [5.74, 6) is -2.00. The van der Waals surface area contributed by atoms with Gasteiger partial charge >= 0.3 is 0 Å². The van der Waals surface area contributed by atoms with Crippen LogP contribution in [0, 0.1) is 5.41 Å². The highest BCUT2D eigenvalue weighted by Crippen LogP contribution is 2.31. The van der Waals surface area contributed by atoms with Gasteiger partial charge in [0.25, 0.3) is 5.92 Å². The van der Waals surface area contributed by atoms with Crippen molar-refractivity contribution in [1.29, 1.82) is 5.41 Å². The molecular formula is C16H18F2N6O. The second kappa shape index (κ2) is 6.23. The molecule has 3 rings (SSSR count). The van der Waals surface area contributed by atoms with Gasteiger partial charge in [-0.2, -0.15) is 0 Å². The molecule has 3 heterocycles. The Morgan fingerprint density at radius 3 is 2.64 bits per heavy atom. The zero-order valence-corrected chi connectivity index (χ0v) is 13.8. The molecule has 1 aliphatic rings. The number of rotatable bonds is 5. The van der Waals surface area contributed by atoms with Crippen LogP contribution in [0.1, 0.15) is 25.1 Å². The van der Waals surface area contributed by atoms with Crippen molar-refractivity contribution in [1.82, 2.24) is 15.0 Å². The van der Waals surface area contributed by atoms with Crippen LogP contribution < -0.4 is 15.4 Å². The lowest BCUT2D eigenvalue weighted by molar-refractivity contribution is -0.0267. The maximum Gasteiger partial charge on any atom is 0.282 e. The van der Waals surface area contributed by atoms with Gasteiger partial charge in [-0.05, 0) is 13.8 Å². The van der Waals surface area contributed by atoms with E-state index in [0.29, 0.717) is 22.9 Å². The molecule has 132 valence electrons. The number of hydrogen-bond acceptors (Lipinski definition) is 7. The molecule has 9 heteroatoms. The van der Waals surface area contributed by atoms with E-state index in [2.05, 4.69) is 15.0 Å². The van der Waals surface area contributed by atoms with Crippen LogP contribution in [0.15, 0.2) is 24.7 Å². The fourth-order valence-electron chi connectivity index (χ4n) is 2.44. The van der Waals surface area contributed by atoms with Crippen molar-refractivity contribution in [3.63, 3.8) is 0 Å². The van der Waals surface area contributed by atoms with Gasteiger partial charge in [0, 0.05) is 17.7 Å². The van der Waals surface area contributed by atoms with E-state index in [4.69, 9.17) is 15.9 Å². The molecule has 1 saturated heterocycles. The summed E-state index contributed by atoms with van der Waals surface area (Å²) in [4.78, 5) is 13.6. The third kappa shape index (κ3) is 3.65. The molecule has 25 heavy (non-hydrogen) atoms. The van der Waals surface area contributed by atoms with Crippen molar-refractivity contribution in [2.75, 3.05) is 23.7 Å². The molecule has 0 aromatic carbocycles. The van der Waals surface area contributed by atoms with Gasteiger partial charge in [0.15, 0.2) is 0 Å². The number of nitrogen functional groups attached to an aromatic ring is 1. The monoisotopic (exact) mass is 348 g/mol. The molecule has 0 unspecified atom stereocenters. The Bertz CT molecular complexity index is 803. The first-order valence-electron chi connectivity index (χ1n) is 7.71. The topological polar surface area (TPSA) is 101 Å². The van der Waals surface area contributed by atoms with E-state index < -0.39 is 5.92 Å². The SMILES string of the molecule is CC(C)Oc1cc(C(=N)c2cc(N3CC(F)(F)C3)ncn2)c(N)cn1. The van der Waals surface area contributed by atoms with E-state index in [9.17, 15) is 8.78 Å². The molecule has 0 bridgehead atoms. The Labute approximate surface area is 143 Å². The zero-order valence-electron chi connectivity index (χ0n) is 13.8. The second-order valence-electron chi connectivity index (χ2n) is 6.12. The number of nitrogens with one attached hydrogen (secondary N) is 1. The summed E-state index contributed by atoms with van der Waals surface area (Å²) < 4.78 is 31.6. The average Bonchev–Trinajstić information content (AvgIpc) is 2.53. The first-order valence-corrected chi connectivity index (χ1v) is 7.71. The Morgan fingerprint density at radius 1 is 1.28 bits per heavy atom. The first-order chi connectivity index (χ1) is 11.7. The normalized spacial score (nSPS) is 15.8. The molecule has 0 saturated carbocycles. The van der Waals surface area contributed by atoms with E-state index in [-0.39, 0.29) is 30.6 Å². The Balaban J connectivity index is 1.86. The largest absolute Gasteiger partial charge is 0.475 e. The van der Waals surface area contributed by atoms with Crippen molar-refractivity contribution < 1.29 is 13.5 Å². The lowest BCUT2D eigenvalue weighted by Crippen LogP contribution is -2.56. The van der Waals surface area contributed by atoms with Crippen molar-refractivity contribution in [3.8, 4) is 5.88 Å². The van der Waals surface area contributed by atoms with Gasteiger partial charge in [0.2, 0.25) is 5.88 Å². The number of alkyl halides is 2. The fraction of sp³-hybridized carbons (Fsp3) is 0.375. The predicted octanol–water partition coefficient (Wildman–Crippen LogP) is 2.11. The number of hydrogen-bond donors (Lipinski definition) is 2. The van der Waals surface area contributed by atoms with Gasteiger partial charge in [-0.25, -0.2) is 23.7 Å². The number of ether oxygens (including phenoxy) is 1. The van der Waals surface area contributed by atoms with Crippen LogP contribution in [-0.4, -0.2) is 45.8 Å². The minimum atomic E-state index is -2.70. The maximum atomic E-state index is 13.0. The van der Waals surface area contributed by atoms with E-state index in [0.717, 1.165) is 0 Å². The van der Waals surface area contributed by atoms with Gasteiger partial charge in [-0.1, -0.05) is 0 Å². The van der Waals surface area contributed by atoms with Crippen molar-refractivity contribution in [3.05, 3.63) is 35.9 Å². The highest BCUT2D eigenvalue weighted by atomic mass is 19.3. The predicted molar refractivity (Wildman–Crippen MR) is 89.5 cm³/mol. The van der Waals surface area contributed by atoms with E-state index >= 15 is 0 Å². The summed E-state index contributed by atoms with van der Waals surface area (Å²) in [5, 5.41) is 8.36. The molecule has 0 radical (unpaired) electrons. The summed E-state index contributed by atoms with van der Waals surface area (Å²) >= 11 is 0. The molecule has 1 fully saturated rings. The summed E-state index contributed by atoms with van der Waals surface area (Å²) in [5.41, 5.74) is 6.96. The number of halogens is 2. The average molecular weight is 348 g/mol. The summed E-state index contributed by atoms with van der Waals surface area (Å²) in [7, 11) is 0. The molecule has 0 spiro atoms. The van der Waals surface area contributed by atoms with Crippen LogP contribution in [0.2, 0.25) is 0 Å². The highest BCUT2D eigenvalue weighted by Gasteiger charge is 2.44. The Kier molecular flexibility index (Phi) is 4.23. The number of aromatic nitrogens is 3. The van der Waals surface area contributed by atoms with Crippen LogP contribution in [0.5, 0.6) is 5.88 Å². The van der Waals surface area contributed by atoms with Gasteiger partial charge in [-0.3, -0.25) is 5.41 Å². The smallest absolute Gasteiger partial charge is 0.282 e. The van der Waals surface area contributed by atoms with Crippen molar-refractivity contribution in [2.45, 2.75) is 25.9 Å². The zero-order chi connectivity index (χ0) is 18.2. The second-order valence-corrected chi connectivity index (χ2v) is 6.12. The maximum absolute atomic E-state index is 13.0. The van der Waals surface area contributed by atoms with Gasteiger partial charge in [-0.15, -0.1) is 0 Å². The van der Waals surface area contributed by atoms with E-state index in [1.54, 1.807) is 6.07 Å². The summed E-state index contributed by atoms with van der Waals surface area (Å²) in [6.07, 6.45) is 2.59. The van der Waals surface area contributed by atoms with E-state index in [1.165, 1.54) is 23.5 Å². The lowest BCUT2D eigenvalue weighted by atomic mass is 10.1. The third-order valence-corrected chi connectivity index (χ3v) is 3.61. The number of nitrogens with zero attached hydrogens (tertiary/aromatic N) is 4. The quantitative estimate of drug-likeness (QED) is 0.803. The number of pyridine rings is 1. The molecule has 0 aliphatic carbocycles. The Morgan fingerprint density at radius 2 is 2.00 bits per heavy atom. The van der Waals surface area contributed by atoms with E-state index in [1.807, 2.05) is 13.8 Å². The van der Waals surface area contributed by atoms with Crippen LogP contribution in [-0.2, 0) is 0 Å². The van der Waals surface area contributed by atoms with Crippen LogP contribution in [0.3, 0.4) is 0 Å². The molecule has 0 amide bonds. The molecule has 2 aromatic heterocycles. The number of nitrogens with two attached hydrogens (primary N) is 1. The lowest BCUT2D eigenvalue weighted by Gasteiger charge is -2.39. The molecule has 3 N–H and O–H groups in total. The third-order valence-electron chi connectivity index (χ3n) is 3.61. The molecule has 2 aromatic rings. The van der Waals surface area contributed by atoms with Crippen LogP contribution in [0.4, 0.5) is 20.3 Å². The standard InChI is InChI=1S/C16H18F2N6O/c1-9(2)25-14-3-10(11(19)5-21-14)15(20)12-4-13(23-8-22-12)24-6-16(17,18)7-24/h3-5,8-9,20H,6-7,19H2,1-2H3. The van der Waals surface area contributed by atoms with Crippen molar-refractivity contribution >= 4 is 17.2 Å². The van der Waals surface area contributed by atoms with Crippen LogP contribution >= 0.6 is 0 Å². The fourth-order valence-corrected chi connectivity index (χ4v) is 2.44. The highest BCUT2D eigenvalue weighted by molar-refractivity contribution is 6.13. The molecular weight excluding hydrogens is 330 g/mol. The molecule has 0 atom stereocenters. The minimum Gasteiger partial charge on any atom is -0.475 e. The van der Waals surface area contributed by atoms with Crippen LogP contribution in [0.25, 0.3) is 0 Å². The number of anilines is 2. The van der Waals surface area contributed by atoms with Crippen molar-refractivity contribution in [2.24, 2.45) is 0 Å². The van der Waals surface area contributed by atoms with Gasteiger partial charge in [0.1, 0.15) is 12.1 Å². The van der Waals surface area contributed by atoms with Gasteiger partial charge < -0.3 is 15.4 Å². The Hall–Kier alpha value is -2.84. The molecule has 7 nitrogen and oxygen atoms in total. The van der Waals surface area contributed by atoms with Gasteiger partial charge in [0.05, 0.1) is 42.5 Å². The first kappa shape index (κ1) is 17.0. The summed E-state index contributed by atoms with van der Waals surface area (Å²) in [6, 6.07) is 3.07. The molecule has 1 aliphatic heterocycles. The minimum absolute atomic E-state index is 0.0458.